The van der Waals surface area contributed by atoms with Crippen LogP contribution in [0.4, 0.5) is 9.59 Å². The molecule has 30 heavy (non-hydrogen) atoms. The summed E-state index contributed by atoms with van der Waals surface area (Å²) < 4.78 is 8.11. The summed E-state index contributed by atoms with van der Waals surface area (Å²) in [7, 11) is 0. The topological polar surface area (TPSA) is 96.7 Å². The molecule has 0 aliphatic carbocycles. The Labute approximate surface area is 189 Å². The lowest BCUT2D eigenvalue weighted by Crippen LogP contribution is -2.58. The molecule has 1 aliphatic rings. The Morgan fingerprint density at radius 3 is 2.63 bits per heavy atom. The summed E-state index contributed by atoms with van der Waals surface area (Å²) in [6.45, 7) is 6.81. The molecule has 0 saturated carbocycles. The molecule has 9 heteroatoms. The fourth-order valence-corrected chi connectivity index (χ4v) is 4.18. The largest absolute Gasteiger partial charge is 0.465 e. The van der Waals surface area contributed by atoms with Crippen molar-refractivity contribution in [3.05, 3.63) is 51.6 Å². The molecule has 2 N–H and O–H groups in total. The van der Waals surface area contributed by atoms with E-state index < -0.39 is 17.8 Å². The molecule has 1 aromatic carbocycles. The van der Waals surface area contributed by atoms with Crippen molar-refractivity contribution in [2.75, 3.05) is 13.1 Å². The first-order valence-electron chi connectivity index (χ1n) is 9.87. The van der Waals surface area contributed by atoms with Gasteiger partial charge in [-0.15, -0.1) is 0 Å². The minimum absolute atomic E-state index is 0.00588. The molecule has 2 heterocycles. The van der Waals surface area contributed by atoms with Gasteiger partial charge in [0.15, 0.2) is 0 Å². The Hall–Kier alpha value is -2.30. The van der Waals surface area contributed by atoms with Gasteiger partial charge >= 0.3 is 12.2 Å². The van der Waals surface area contributed by atoms with Crippen molar-refractivity contribution in [3.63, 3.8) is 0 Å². The van der Waals surface area contributed by atoms with Gasteiger partial charge in [-0.3, -0.25) is 0 Å². The van der Waals surface area contributed by atoms with Gasteiger partial charge in [0.25, 0.3) is 0 Å². The number of nitrogens with one attached hydrogen (secondary N) is 1. The van der Waals surface area contributed by atoms with Crippen molar-refractivity contribution < 1.29 is 19.4 Å². The number of alkyl carbamates (subject to hydrolysis) is 1. The third kappa shape index (κ3) is 5.65. The molecule has 1 aliphatic heterocycles. The van der Waals surface area contributed by atoms with Crippen LogP contribution >= 0.6 is 22.6 Å². The number of aromatic nitrogens is 2. The fraction of sp³-hybridized carbons (Fsp3) is 0.476. The number of imidazole rings is 1. The number of nitrogens with zero attached hydrogens (tertiary/aromatic N) is 3. The molecule has 8 nitrogen and oxygen atoms in total. The Bertz CT molecular complexity index is 894. The first kappa shape index (κ1) is 22.4. The fourth-order valence-electron chi connectivity index (χ4n) is 3.59. The average Bonchev–Trinajstić information content (AvgIpc) is 2.98. The van der Waals surface area contributed by atoms with Crippen LogP contribution in [-0.2, 0) is 17.7 Å². The average molecular weight is 526 g/mol. The van der Waals surface area contributed by atoms with Gasteiger partial charge in [-0.2, -0.15) is 0 Å². The Morgan fingerprint density at radius 1 is 1.30 bits per heavy atom. The van der Waals surface area contributed by atoms with Crippen molar-refractivity contribution in [2.24, 2.45) is 0 Å². The number of likely N-dealkylation sites (tertiary alicyclic amines) is 1. The lowest BCUT2D eigenvalue weighted by Gasteiger charge is -2.46. The van der Waals surface area contributed by atoms with Crippen LogP contribution in [0.25, 0.3) is 0 Å². The minimum Gasteiger partial charge on any atom is -0.465 e. The highest BCUT2D eigenvalue weighted by molar-refractivity contribution is 14.1. The van der Waals surface area contributed by atoms with Gasteiger partial charge in [0, 0.05) is 25.8 Å². The predicted molar refractivity (Wildman–Crippen MR) is 121 cm³/mol. The van der Waals surface area contributed by atoms with Crippen LogP contribution in [0.3, 0.4) is 0 Å². The van der Waals surface area contributed by atoms with Crippen molar-refractivity contribution in [1.82, 2.24) is 19.8 Å². The molecule has 1 saturated heterocycles. The zero-order chi connectivity index (χ0) is 21.9. The monoisotopic (exact) mass is 526 g/mol. The molecule has 0 spiro atoms. The lowest BCUT2D eigenvalue weighted by molar-refractivity contribution is 0.0499. The summed E-state index contributed by atoms with van der Waals surface area (Å²) in [5.41, 5.74) is 0.550. The smallest absolute Gasteiger partial charge is 0.407 e. The van der Waals surface area contributed by atoms with E-state index in [9.17, 15) is 14.7 Å². The highest BCUT2D eigenvalue weighted by Gasteiger charge is 2.45. The summed E-state index contributed by atoms with van der Waals surface area (Å²) in [6.07, 6.45) is 1.20. The zero-order valence-electron chi connectivity index (χ0n) is 17.3. The maximum absolute atomic E-state index is 11.9. The molecule has 1 fully saturated rings. The SMILES string of the molecule is CC(C)(C)OC(=O)NCCn1cc(I)nc1C1CN(C(=O)O)C1Cc1ccccc1. The van der Waals surface area contributed by atoms with Gasteiger partial charge in [-0.1, -0.05) is 30.3 Å². The molecule has 2 unspecified atom stereocenters. The van der Waals surface area contributed by atoms with Crippen molar-refractivity contribution in [3.8, 4) is 0 Å². The van der Waals surface area contributed by atoms with E-state index in [2.05, 4.69) is 32.9 Å². The van der Waals surface area contributed by atoms with Crippen molar-refractivity contribution >= 4 is 34.8 Å². The Kier molecular flexibility index (Phi) is 6.89. The standard InChI is InChI=1S/C21H27IN4O4/c1-21(2,3)30-19(27)23-9-10-25-13-17(22)24-18(25)15-12-26(20(28)29)16(15)11-14-7-5-4-6-8-14/h4-8,13,15-16H,9-12H2,1-3H3,(H,23,27)(H,28,29). The minimum atomic E-state index is -0.911. The van der Waals surface area contributed by atoms with Crippen LogP contribution in [0.2, 0.25) is 0 Å². The molecule has 0 radical (unpaired) electrons. The molecule has 0 bridgehead atoms. The van der Waals surface area contributed by atoms with Gasteiger partial charge < -0.3 is 24.6 Å². The van der Waals surface area contributed by atoms with E-state index in [-0.39, 0.29) is 12.0 Å². The van der Waals surface area contributed by atoms with Crippen LogP contribution in [0.15, 0.2) is 36.5 Å². The second kappa shape index (κ2) is 9.23. The summed E-state index contributed by atoms with van der Waals surface area (Å²) in [4.78, 5) is 29.7. The summed E-state index contributed by atoms with van der Waals surface area (Å²) >= 11 is 2.16. The third-order valence-corrected chi connectivity index (χ3v) is 5.44. The number of carbonyl (C=O) groups excluding carboxylic acids is 1. The van der Waals surface area contributed by atoms with Gasteiger partial charge in [-0.05, 0) is 55.3 Å². The number of amides is 2. The molecule has 2 amide bonds. The molecular weight excluding hydrogens is 499 g/mol. The maximum atomic E-state index is 11.9. The molecule has 1 aromatic heterocycles. The van der Waals surface area contributed by atoms with Crippen LogP contribution in [0, 0.1) is 3.70 Å². The highest BCUT2D eigenvalue weighted by atomic mass is 127. The van der Waals surface area contributed by atoms with E-state index in [0.29, 0.717) is 26.1 Å². The van der Waals surface area contributed by atoms with Crippen LogP contribution < -0.4 is 5.32 Å². The van der Waals surface area contributed by atoms with Crippen molar-refractivity contribution in [2.45, 2.75) is 51.3 Å². The number of ether oxygens (including phenoxy) is 1. The predicted octanol–water partition coefficient (Wildman–Crippen LogP) is 3.70. The van der Waals surface area contributed by atoms with E-state index in [4.69, 9.17) is 4.74 Å². The Balaban J connectivity index is 1.69. The maximum Gasteiger partial charge on any atom is 0.407 e. The van der Waals surface area contributed by atoms with Gasteiger partial charge in [0.1, 0.15) is 15.1 Å². The highest BCUT2D eigenvalue weighted by Crippen LogP contribution is 2.36. The van der Waals surface area contributed by atoms with E-state index in [1.807, 2.05) is 61.9 Å². The number of carbonyl (C=O) groups is 2. The van der Waals surface area contributed by atoms with Crippen LogP contribution in [0.5, 0.6) is 0 Å². The number of benzene rings is 1. The normalized spacial score (nSPS) is 18.6. The van der Waals surface area contributed by atoms with Gasteiger partial charge in [0.05, 0.1) is 12.0 Å². The lowest BCUT2D eigenvalue weighted by atomic mass is 9.83. The summed E-state index contributed by atoms with van der Waals surface area (Å²) in [5, 5.41) is 12.3. The molecule has 162 valence electrons. The zero-order valence-corrected chi connectivity index (χ0v) is 19.5. The van der Waals surface area contributed by atoms with E-state index >= 15 is 0 Å². The van der Waals surface area contributed by atoms with Crippen LogP contribution in [0.1, 0.15) is 38.1 Å². The summed E-state index contributed by atoms with van der Waals surface area (Å²) in [5.74, 6) is 0.857. The number of rotatable bonds is 6. The number of carboxylic acid groups (broad SMARTS) is 1. The number of halogens is 1. The molecule has 2 aromatic rings. The molecular formula is C21H27IN4O4. The first-order chi connectivity index (χ1) is 14.1. The van der Waals surface area contributed by atoms with E-state index in [1.165, 1.54) is 4.90 Å². The van der Waals surface area contributed by atoms with Crippen molar-refractivity contribution in [1.29, 1.82) is 0 Å². The van der Waals surface area contributed by atoms with Gasteiger partial charge in [-0.25, -0.2) is 14.6 Å². The van der Waals surface area contributed by atoms with Gasteiger partial charge in [0.2, 0.25) is 0 Å². The molecule has 3 rings (SSSR count). The summed E-state index contributed by atoms with van der Waals surface area (Å²) in [6, 6.07) is 9.72. The number of hydrogen-bond donors (Lipinski definition) is 2. The van der Waals surface area contributed by atoms with E-state index in [0.717, 1.165) is 15.1 Å². The first-order valence-corrected chi connectivity index (χ1v) is 10.9. The number of hydrogen-bond acceptors (Lipinski definition) is 4. The third-order valence-electron chi connectivity index (χ3n) is 4.92. The second-order valence-corrected chi connectivity index (χ2v) is 9.45. The van der Waals surface area contributed by atoms with E-state index in [1.54, 1.807) is 0 Å². The van der Waals surface area contributed by atoms with Crippen LogP contribution in [-0.4, -0.2) is 56.5 Å². The Morgan fingerprint density at radius 2 is 2.00 bits per heavy atom. The molecule has 2 atom stereocenters. The quantitative estimate of drug-likeness (QED) is 0.560. The second-order valence-electron chi connectivity index (χ2n) is 8.34.